The molecule has 1 aliphatic rings. The Bertz CT molecular complexity index is 726. The van der Waals surface area contributed by atoms with Gasteiger partial charge in [-0.25, -0.2) is 4.39 Å². The van der Waals surface area contributed by atoms with Crippen molar-refractivity contribution in [2.45, 2.75) is 31.9 Å². The van der Waals surface area contributed by atoms with Crippen molar-refractivity contribution in [3.05, 3.63) is 35.3 Å². The lowest BCUT2D eigenvalue weighted by molar-refractivity contribution is -0.147. The molecule has 5 nitrogen and oxygen atoms in total. The summed E-state index contributed by atoms with van der Waals surface area (Å²) in [5, 5.41) is 6.85. The van der Waals surface area contributed by atoms with Gasteiger partial charge < -0.3 is 19.8 Å². The summed E-state index contributed by atoms with van der Waals surface area (Å²) in [5.74, 6) is 0.205. The van der Waals surface area contributed by atoms with Gasteiger partial charge in [-0.3, -0.25) is 4.79 Å². The molecule has 0 atom stereocenters. The Morgan fingerprint density at radius 2 is 2.12 bits per heavy atom. The summed E-state index contributed by atoms with van der Waals surface area (Å²) >= 11 is 0. The number of nitrogens with one attached hydrogen (secondary N) is 2. The van der Waals surface area contributed by atoms with Crippen molar-refractivity contribution in [3.8, 4) is 0 Å². The van der Waals surface area contributed by atoms with Crippen molar-refractivity contribution in [2.24, 2.45) is 0 Å². The molecule has 7 heteroatoms. The summed E-state index contributed by atoms with van der Waals surface area (Å²) < 4.78 is 24.6. The van der Waals surface area contributed by atoms with Crippen LogP contribution in [-0.4, -0.2) is 31.7 Å². The van der Waals surface area contributed by atoms with E-state index in [-0.39, 0.29) is 30.7 Å². The summed E-state index contributed by atoms with van der Waals surface area (Å²) in [6, 6.07) is 4.41. The van der Waals surface area contributed by atoms with Crippen molar-refractivity contribution < 1.29 is 18.3 Å². The Hall–Kier alpha value is -1.63. The number of carbonyl (C=O) groups is 1. The molecule has 3 rings (SSSR count). The Morgan fingerprint density at radius 1 is 1.42 bits per heavy atom. The second-order valence-corrected chi connectivity index (χ2v) is 5.92. The number of amides is 1. The highest BCUT2D eigenvalue weighted by atomic mass is 35.5. The molecule has 132 valence electrons. The zero-order chi connectivity index (χ0) is 16.4. The fourth-order valence-electron chi connectivity index (χ4n) is 3.09. The Kier molecular flexibility index (Phi) is 5.85. The SMILES string of the molecule is COC1(C(=O)NCc2oc3ccc(F)cc3c2C)CCNCC1.Cl. The highest BCUT2D eigenvalue weighted by Crippen LogP contribution is 2.27. The standard InChI is InChI=1S/C17H21FN2O3.ClH/c1-11-13-9-12(18)3-4-14(13)23-15(11)10-20-16(21)17(22-2)5-7-19-8-6-17;/h3-4,9,19H,5-8,10H2,1-2H3,(H,20,21);1H. The third-order valence-electron chi connectivity index (χ3n) is 4.62. The van der Waals surface area contributed by atoms with Crippen molar-refractivity contribution in [2.75, 3.05) is 20.2 Å². The summed E-state index contributed by atoms with van der Waals surface area (Å²) in [7, 11) is 1.57. The third-order valence-corrected chi connectivity index (χ3v) is 4.62. The maximum Gasteiger partial charge on any atom is 0.252 e. The number of piperidine rings is 1. The molecule has 1 aromatic heterocycles. The molecular formula is C17H22ClFN2O3. The molecule has 1 amide bonds. The Balaban J connectivity index is 0.00000208. The Labute approximate surface area is 146 Å². The molecule has 24 heavy (non-hydrogen) atoms. The number of hydrogen-bond donors (Lipinski definition) is 2. The first-order valence-electron chi connectivity index (χ1n) is 7.77. The molecule has 2 N–H and O–H groups in total. The van der Waals surface area contributed by atoms with E-state index in [1.807, 2.05) is 6.92 Å². The lowest BCUT2D eigenvalue weighted by Gasteiger charge is -2.34. The molecule has 0 spiro atoms. The van der Waals surface area contributed by atoms with Gasteiger partial charge in [-0.15, -0.1) is 12.4 Å². The maximum absolute atomic E-state index is 13.3. The van der Waals surface area contributed by atoms with Gasteiger partial charge in [0.1, 0.15) is 22.8 Å². The van der Waals surface area contributed by atoms with Crippen LogP contribution < -0.4 is 10.6 Å². The van der Waals surface area contributed by atoms with Crippen LogP contribution in [0.3, 0.4) is 0 Å². The monoisotopic (exact) mass is 356 g/mol. The number of carbonyl (C=O) groups excluding carboxylic acids is 1. The smallest absolute Gasteiger partial charge is 0.252 e. The van der Waals surface area contributed by atoms with Crippen LogP contribution in [-0.2, 0) is 16.1 Å². The van der Waals surface area contributed by atoms with Gasteiger partial charge in [0.25, 0.3) is 5.91 Å². The van der Waals surface area contributed by atoms with E-state index in [1.54, 1.807) is 13.2 Å². The summed E-state index contributed by atoms with van der Waals surface area (Å²) in [6.07, 6.45) is 1.28. The normalized spacial score (nSPS) is 16.6. The number of furan rings is 1. The molecule has 0 aliphatic carbocycles. The largest absolute Gasteiger partial charge is 0.459 e. The molecule has 1 aromatic carbocycles. The number of fused-ring (bicyclic) bond motifs is 1. The van der Waals surface area contributed by atoms with Gasteiger partial charge in [-0.05, 0) is 51.1 Å². The second kappa shape index (κ2) is 7.51. The second-order valence-electron chi connectivity index (χ2n) is 5.92. The fourth-order valence-corrected chi connectivity index (χ4v) is 3.09. The van der Waals surface area contributed by atoms with Crippen LogP contribution in [0.1, 0.15) is 24.2 Å². The van der Waals surface area contributed by atoms with Crippen LogP contribution in [0.15, 0.2) is 22.6 Å². The first-order valence-corrected chi connectivity index (χ1v) is 7.77. The zero-order valence-electron chi connectivity index (χ0n) is 13.8. The minimum atomic E-state index is -0.780. The van der Waals surface area contributed by atoms with Gasteiger partial charge in [0.2, 0.25) is 0 Å². The van der Waals surface area contributed by atoms with E-state index in [2.05, 4.69) is 10.6 Å². The van der Waals surface area contributed by atoms with E-state index in [0.717, 1.165) is 24.0 Å². The van der Waals surface area contributed by atoms with Gasteiger partial charge in [-0.1, -0.05) is 0 Å². The van der Waals surface area contributed by atoms with Gasteiger partial charge >= 0.3 is 0 Å². The summed E-state index contributed by atoms with van der Waals surface area (Å²) in [4.78, 5) is 12.5. The summed E-state index contributed by atoms with van der Waals surface area (Å²) in [6.45, 7) is 3.64. The van der Waals surface area contributed by atoms with E-state index in [1.165, 1.54) is 12.1 Å². The van der Waals surface area contributed by atoms with Crippen LogP contribution in [0.25, 0.3) is 11.0 Å². The van der Waals surface area contributed by atoms with E-state index >= 15 is 0 Å². The molecule has 0 saturated carbocycles. The van der Waals surface area contributed by atoms with Crippen molar-refractivity contribution in [1.29, 1.82) is 0 Å². The highest BCUT2D eigenvalue weighted by molar-refractivity contribution is 5.86. The number of benzene rings is 1. The van der Waals surface area contributed by atoms with Crippen LogP contribution in [0, 0.1) is 12.7 Å². The third kappa shape index (κ3) is 3.41. The minimum absolute atomic E-state index is 0. The number of aryl methyl sites for hydroxylation is 1. The number of methoxy groups -OCH3 is 1. The number of rotatable bonds is 4. The van der Waals surface area contributed by atoms with Crippen molar-refractivity contribution >= 4 is 29.3 Å². The first kappa shape index (κ1) is 18.7. The number of halogens is 2. The fraction of sp³-hybridized carbons (Fsp3) is 0.471. The van der Waals surface area contributed by atoms with Crippen LogP contribution in [0.2, 0.25) is 0 Å². The van der Waals surface area contributed by atoms with E-state index in [0.29, 0.717) is 24.2 Å². The average molecular weight is 357 g/mol. The lowest BCUT2D eigenvalue weighted by Crippen LogP contribution is -2.53. The van der Waals surface area contributed by atoms with Gasteiger partial charge in [-0.2, -0.15) is 0 Å². The van der Waals surface area contributed by atoms with Crippen molar-refractivity contribution in [3.63, 3.8) is 0 Å². The predicted molar refractivity (Wildman–Crippen MR) is 91.8 cm³/mol. The average Bonchev–Trinajstić information content (AvgIpc) is 2.89. The van der Waals surface area contributed by atoms with E-state index in [9.17, 15) is 9.18 Å². The van der Waals surface area contributed by atoms with Crippen LogP contribution in [0.4, 0.5) is 4.39 Å². The molecule has 1 saturated heterocycles. The molecule has 2 aromatic rings. The molecule has 1 aliphatic heterocycles. The van der Waals surface area contributed by atoms with Crippen LogP contribution >= 0.6 is 12.4 Å². The van der Waals surface area contributed by atoms with E-state index in [4.69, 9.17) is 9.15 Å². The quantitative estimate of drug-likeness (QED) is 0.884. The molecule has 1 fully saturated rings. The maximum atomic E-state index is 13.3. The zero-order valence-corrected chi connectivity index (χ0v) is 14.6. The van der Waals surface area contributed by atoms with Crippen molar-refractivity contribution in [1.82, 2.24) is 10.6 Å². The number of hydrogen-bond acceptors (Lipinski definition) is 4. The van der Waals surface area contributed by atoms with Gasteiger partial charge in [0.05, 0.1) is 6.54 Å². The first-order chi connectivity index (χ1) is 11.1. The molecule has 0 unspecified atom stereocenters. The predicted octanol–water partition coefficient (Wildman–Crippen LogP) is 2.69. The molecule has 0 radical (unpaired) electrons. The minimum Gasteiger partial charge on any atom is -0.459 e. The highest BCUT2D eigenvalue weighted by Gasteiger charge is 2.39. The topological polar surface area (TPSA) is 63.5 Å². The van der Waals surface area contributed by atoms with Crippen LogP contribution in [0.5, 0.6) is 0 Å². The molecule has 2 heterocycles. The molecule has 0 bridgehead atoms. The lowest BCUT2D eigenvalue weighted by atomic mass is 9.91. The van der Waals surface area contributed by atoms with Gasteiger partial charge in [0, 0.05) is 18.1 Å². The molecular weight excluding hydrogens is 335 g/mol. The Morgan fingerprint density at radius 3 is 2.79 bits per heavy atom. The number of ether oxygens (including phenoxy) is 1. The van der Waals surface area contributed by atoms with Gasteiger partial charge in [0.15, 0.2) is 0 Å². The summed E-state index contributed by atoms with van der Waals surface area (Å²) in [5.41, 5.74) is 0.685. The van der Waals surface area contributed by atoms with E-state index < -0.39 is 5.60 Å².